The molecule has 0 spiro atoms. The van der Waals surface area contributed by atoms with Crippen molar-refractivity contribution in [3.63, 3.8) is 0 Å². The Morgan fingerprint density at radius 2 is 1.93 bits per heavy atom. The van der Waals surface area contributed by atoms with Crippen LogP contribution in [0.3, 0.4) is 0 Å². The molecule has 0 aliphatic rings. The lowest BCUT2D eigenvalue weighted by molar-refractivity contribution is 1.41. The summed E-state index contributed by atoms with van der Waals surface area (Å²) in [6.07, 6.45) is 3.84. The zero-order valence-corrected chi connectivity index (χ0v) is 8.96. The highest BCUT2D eigenvalue weighted by molar-refractivity contribution is 5.84. The van der Waals surface area contributed by atoms with Crippen LogP contribution < -0.4 is 10.4 Å². The van der Waals surface area contributed by atoms with E-state index in [9.17, 15) is 0 Å². The number of benzene rings is 2. The Morgan fingerprint density at radius 1 is 1.20 bits per heavy atom. The van der Waals surface area contributed by atoms with Crippen molar-refractivity contribution in [1.82, 2.24) is 0 Å². The maximum Gasteiger partial charge on any atom is -0.0105 e. The fourth-order valence-corrected chi connectivity index (χ4v) is 1.87. The van der Waals surface area contributed by atoms with E-state index in [0.29, 0.717) is 0 Å². The molecule has 74 valence electrons. The summed E-state index contributed by atoms with van der Waals surface area (Å²) in [5.74, 6) is 0. The molecule has 0 aliphatic carbocycles. The summed E-state index contributed by atoms with van der Waals surface area (Å²) in [7, 11) is 0. The summed E-state index contributed by atoms with van der Waals surface area (Å²) in [6.45, 7) is 9.95. The van der Waals surface area contributed by atoms with Crippen LogP contribution in [-0.4, -0.2) is 0 Å². The summed E-state index contributed by atoms with van der Waals surface area (Å²) < 4.78 is 0. The second-order valence-electron chi connectivity index (χ2n) is 3.71. The van der Waals surface area contributed by atoms with Gasteiger partial charge in [0.2, 0.25) is 0 Å². The molecule has 0 N–H and O–H groups in total. The molecule has 0 amide bonds. The van der Waals surface area contributed by atoms with E-state index in [1.54, 1.807) is 0 Å². The Balaban J connectivity index is 3.10. The van der Waals surface area contributed by atoms with Crippen molar-refractivity contribution in [2.45, 2.75) is 6.92 Å². The van der Waals surface area contributed by atoms with E-state index >= 15 is 0 Å². The smallest absolute Gasteiger partial charge is 0.0105 e. The molecule has 0 unspecified atom stereocenters. The normalized spacial score (nSPS) is 11.9. The maximum absolute atomic E-state index is 4.11. The first kappa shape index (κ1) is 9.72. The van der Waals surface area contributed by atoms with Crippen molar-refractivity contribution in [1.29, 1.82) is 0 Å². The van der Waals surface area contributed by atoms with E-state index in [1.165, 1.54) is 21.6 Å². The van der Waals surface area contributed by atoms with E-state index in [0.717, 1.165) is 5.22 Å². The van der Waals surface area contributed by atoms with Crippen LogP contribution in [-0.2, 0) is 0 Å². The van der Waals surface area contributed by atoms with Crippen molar-refractivity contribution in [3.05, 3.63) is 59.0 Å². The second-order valence-corrected chi connectivity index (χ2v) is 3.71. The Morgan fingerprint density at radius 3 is 2.67 bits per heavy atom. The van der Waals surface area contributed by atoms with E-state index in [-0.39, 0.29) is 0 Å². The minimum absolute atomic E-state index is 1.09. The molecule has 0 fully saturated rings. The molecule has 0 aromatic heterocycles. The minimum Gasteiger partial charge on any atom is -0.0990 e. The lowest BCUT2D eigenvalue weighted by Crippen LogP contribution is -2.26. The molecule has 0 atom stereocenters. The molecule has 0 nitrogen and oxygen atoms in total. The highest BCUT2D eigenvalue weighted by atomic mass is 14.0. The zero-order chi connectivity index (χ0) is 10.8. The molecule has 0 aliphatic heterocycles. The molecule has 2 rings (SSSR count). The van der Waals surface area contributed by atoms with Gasteiger partial charge in [-0.1, -0.05) is 55.6 Å². The van der Waals surface area contributed by atoms with Crippen LogP contribution >= 0.6 is 0 Å². The number of aryl methyl sites for hydroxylation is 1. The van der Waals surface area contributed by atoms with Gasteiger partial charge in [0.15, 0.2) is 0 Å². The summed E-state index contributed by atoms with van der Waals surface area (Å²) in [5.41, 5.74) is 1.22. The van der Waals surface area contributed by atoms with E-state index in [2.05, 4.69) is 50.4 Å². The lowest BCUT2D eigenvalue weighted by atomic mass is 10.0. The molecule has 0 radical (unpaired) electrons. The Bertz CT molecular complexity index is 618. The van der Waals surface area contributed by atoms with Gasteiger partial charge >= 0.3 is 0 Å². The summed E-state index contributed by atoms with van der Waals surface area (Å²) >= 11 is 0. The van der Waals surface area contributed by atoms with Crippen LogP contribution in [0, 0.1) is 6.92 Å². The molecule has 2 aromatic carbocycles. The van der Waals surface area contributed by atoms with Gasteiger partial charge in [0.25, 0.3) is 0 Å². The predicted octanol–water partition coefficient (Wildman–Crippen LogP) is 2.53. The van der Waals surface area contributed by atoms with Crippen LogP contribution in [0.2, 0.25) is 0 Å². The van der Waals surface area contributed by atoms with E-state index < -0.39 is 0 Å². The fourth-order valence-electron chi connectivity index (χ4n) is 1.87. The topological polar surface area (TPSA) is 0 Å². The molecule has 15 heavy (non-hydrogen) atoms. The van der Waals surface area contributed by atoms with Gasteiger partial charge in [-0.25, -0.2) is 0 Å². The van der Waals surface area contributed by atoms with Crippen LogP contribution in [0.15, 0.2) is 43.0 Å². The molecule has 0 heterocycles. The first-order valence-corrected chi connectivity index (χ1v) is 5.04. The summed E-state index contributed by atoms with van der Waals surface area (Å²) in [6, 6.07) is 10.5. The zero-order valence-electron chi connectivity index (χ0n) is 8.96. The lowest BCUT2D eigenvalue weighted by Gasteiger charge is -2.02. The second kappa shape index (κ2) is 3.74. The Kier molecular flexibility index (Phi) is 2.42. The van der Waals surface area contributed by atoms with Gasteiger partial charge in [-0.05, 0) is 33.7 Å². The Hall–Kier alpha value is -1.82. The van der Waals surface area contributed by atoms with Gasteiger partial charge in [0.05, 0.1) is 0 Å². The van der Waals surface area contributed by atoms with E-state index in [4.69, 9.17) is 0 Å². The predicted molar refractivity (Wildman–Crippen MR) is 68.1 cm³/mol. The van der Waals surface area contributed by atoms with Gasteiger partial charge < -0.3 is 0 Å². The number of allylic oxidation sites excluding steroid dienone is 1. The standard InChI is InChI=1S/C15H14/c1-4-7-14-12(3)11(2)10-13-8-5-6-9-15(13)14/h4-10H,1,3H2,2H3. The molecular formula is C15H14. The van der Waals surface area contributed by atoms with Crippen LogP contribution in [0.4, 0.5) is 0 Å². The summed E-state index contributed by atoms with van der Waals surface area (Å²) in [5, 5.41) is 4.78. The van der Waals surface area contributed by atoms with Gasteiger partial charge in [-0.3, -0.25) is 0 Å². The van der Waals surface area contributed by atoms with Gasteiger partial charge in [-0.2, -0.15) is 0 Å². The maximum atomic E-state index is 4.11. The highest BCUT2D eigenvalue weighted by Crippen LogP contribution is 2.08. The largest absolute Gasteiger partial charge is 0.0990 e. The first-order chi connectivity index (χ1) is 7.24. The third kappa shape index (κ3) is 1.59. The molecule has 2 aromatic rings. The van der Waals surface area contributed by atoms with Crippen LogP contribution in [0.1, 0.15) is 5.56 Å². The van der Waals surface area contributed by atoms with Crippen molar-refractivity contribution < 1.29 is 0 Å². The van der Waals surface area contributed by atoms with Gasteiger partial charge in [-0.15, -0.1) is 0 Å². The molecule has 0 saturated carbocycles. The van der Waals surface area contributed by atoms with Crippen molar-refractivity contribution in [3.8, 4) is 0 Å². The number of fused-ring (bicyclic) bond motifs is 1. The molecule has 0 bridgehead atoms. The van der Waals surface area contributed by atoms with Gasteiger partial charge in [0.1, 0.15) is 0 Å². The third-order valence-electron chi connectivity index (χ3n) is 2.71. The van der Waals surface area contributed by atoms with Crippen LogP contribution in [0.25, 0.3) is 23.4 Å². The first-order valence-electron chi connectivity index (χ1n) is 5.04. The average molecular weight is 194 g/mol. The molecule has 0 heteroatoms. The van der Waals surface area contributed by atoms with Gasteiger partial charge in [0, 0.05) is 0 Å². The van der Waals surface area contributed by atoms with Crippen LogP contribution in [0.5, 0.6) is 0 Å². The Labute approximate surface area is 89.9 Å². The number of hydrogen-bond donors (Lipinski definition) is 0. The SMILES string of the molecule is C=CC=c1c(=C)c(C)cc2ccccc12. The van der Waals surface area contributed by atoms with Crippen molar-refractivity contribution in [2.75, 3.05) is 0 Å². The fraction of sp³-hybridized carbons (Fsp3) is 0.0667. The highest BCUT2D eigenvalue weighted by Gasteiger charge is 1.97. The molecular weight excluding hydrogens is 180 g/mol. The quantitative estimate of drug-likeness (QED) is 0.654. The van der Waals surface area contributed by atoms with E-state index in [1.807, 2.05) is 12.2 Å². The number of rotatable bonds is 1. The average Bonchev–Trinajstić information content (AvgIpc) is 2.25. The van der Waals surface area contributed by atoms with Crippen molar-refractivity contribution in [2.24, 2.45) is 0 Å². The number of hydrogen-bond acceptors (Lipinski definition) is 0. The molecule has 0 saturated heterocycles. The van der Waals surface area contributed by atoms with Crippen molar-refractivity contribution >= 4 is 23.4 Å². The minimum atomic E-state index is 1.09. The monoisotopic (exact) mass is 194 g/mol. The summed E-state index contributed by atoms with van der Waals surface area (Å²) in [4.78, 5) is 0. The third-order valence-corrected chi connectivity index (χ3v) is 2.71.